The largest absolute Gasteiger partial charge is 0.341 e. The van der Waals surface area contributed by atoms with Gasteiger partial charge in [0, 0.05) is 41.5 Å². The lowest BCUT2D eigenvalue weighted by Gasteiger charge is -2.29. The molecule has 4 aromatic rings. The highest BCUT2D eigenvalue weighted by Gasteiger charge is 2.37. The molecular weight excluding hydrogens is 613 g/mol. The van der Waals surface area contributed by atoms with Crippen molar-refractivity contribution in [3.8, 4) is 11.3 Å². The molecule has 2 saturated heterocycles. The summed E-state index contributed by atoms with van der Waals surface area (Å²) in [5.41, 5.74) is 2.38. The standard InChI is InChI=1S/C36H34FN7O4/c37-28-10-3-1-8-26(28)33-27-9-2-4-11-30(27)44(21-32(46)43-19-22-12-13-23(20-43)15-14-22)35(47)34(39-33)40-36(48)38-25-7-5-6-24(18-25)29-16-17-31(45)42-41-29/h1-11,16-18,22-23,34H,12-15,19-21H2,(H,42,45)(H2,38,40,48)/t22?,23?,34-/m0/s1. The zero-order valence-electron chi connectivity index (χ0n) is 26.1. The van der Waals surface area contributed by atoms with E-state index in [0.717, 1.165) is 25.7 Å². The molecule has 0 spiro atoms. The molecule has 11 nitrogen and oxygen atoms in total. The molecule has 3 N–H and O–H groups in total. The minimum atomic E-state index is -1.48. The number of amides is 4. The molecule has 3 aromatic carbocycles. The van der Waals surface area contributed by atoms with Crippen LogP contribution in [0.4, 0.5) is 20.6 Å². The highest BCUT2D eigenvalue weighted by Crippen LogP contribution is 2.35. The van der Waals surface area contributed by atoms with Gasteiger partial charge < -0.3 is 15.5 Å². The maximum atomic E-state index is 15.3. The highest BCUT2D eigenvalue weighted by molar-refractivity contribution is 6.21. The predicted molar refractivity (Wildman–Crippen MR) is 179 cm³/mol. The average molecular weight is 648 g/mol. The molecule has 1 aliphatic carbocycles. The Morgan fingerprint density at radius 3 is 2.27 bits per heavy atom. The van der Waals surface area contributed by atoms with E-state index in [4.69, 9.17) is 0 Å². The summed E-state index contributed by atoms with van der Waals surface area (Å²) in [6, 6.07) is 22.0. The number of anilines is 2. The minimum Gasteiger partial charge on any atom is -0.341 e. The molecule has 4 amide bonds. The molecule has 8 rings (SSSR count). The number of rotatable bonds is 6. The van der Waals surface area contributed by atoms with Crippen molar-refractivity contribution in [2.24, 2.45) is 16.8 Å². The number of hydrogen-bond donors (Lipinski definition) is 3. The van der Waals surface area contributed by atoms with E-state index >= 15 is 4.39 Å². The van der Waals surface area contributed by atoms with Crippen LogP contribution < -0.4 is 21.1 Å². The number of fused-ring (bicyclic) bond motifs is 5. The fourth-order valence-corrected chi connectivity index (χ4v) is 6.84. The van der Waals surface area contributed by atoms with Gasteiger partial charge in [0.05, 0.1) is 17.1 Å². The summed E-state index contributed by atoms with van der Waals surface area (Å²) in [4.78, 5) is 60.9. The third-order valence-corrected chi connectivity index (χ3v) is 9.27. The van der Waals surface area contributed by atoms with E-state index in [1.165, 1.54) is 17.0 Å². The molecule has 3 aliphatic heterocycles. The van der Waals surface area contributed by atoms with Gasteiger partial charge in [-0.05, 0) is 73.9 Å². The van der Waals surface area contributed by atoms with Crippen LogP contribution in [0.3, 0.4) is 0 Å². The molecule has 1 atom stereocenters. The van der Waals surface area contributed by atoms with Gasteiger partial charge in [-0.3, -0.25) is 19.3 Å². The maximum Gasteiger partial charge on any atom is 0.321 e. The van der Waals surface area contributed by atoms with E-state index in [1.807, 2.05) is 4.90 Å². The second-order valence-electron chi connectivity index (χ2n) is 12.5. The third kappa shape index (κ3) is 6.46. The Balaban J connectivity index is 1.20. The van der Waals surface area contributed by atoms with Gasteiger partial charge in [-0.1, -0.05) is 42.5 Å². The zero-order valence-corrected chi connectivity index (χ0v) is 26.1. The summed E-state index contributed by atoms with van der Waals surface area (Å²) in [5.74, 6) is -0.442. The van der Waals surface area contributed by atoms with Crippen LogP contribution in [-0.2, 0) is 9.59 Å². The average Bonchev–Trinajstić information content (AvgIpc) is 3.48. The lowest BCUT2D eigenvalue weighted by Crippen LogP contribution is -2.51. The number of aromatic nitrogens is 2. The second-order valence-corrected chi connectivity index (χ2v) is 12.5. The summed E-state index contributed by atoms with van der Waals surface area (Å²) in [6.45, 7) is 1.07. The van der Waals surface area contributed by atoms with Gasteiger partial charge in [-0.2, -0.15) is 5.10 Å². The summed E-state index contributed by atoms with van der Waals surface area (Å²) in [7, 11) is 0. The Bertz CT molecular complexity index is 1940. The number of benzene rings is 3. The number of hydrogen-bond acceptors (Lipinski definition) is 6. The number of nitrogens with one attached hydrogen (secondary N) is 3. The summed E-state index contributed by atoms with van der Waals surface area (Å²) in [6.07, 6.45) is 2.93. The van der Waals surface area contributed by atoms with E-state index in [1.54, 1.807) is 72.8 Å². The minimum absolute atomic E-state index is 0.156. The number of para-hydroxylation sites is 1. The third-order valence-electron chi connectivity index (χ3n) is 9.27. The number of carbonyl (C=O) groups excluding carboxylic acids is 3. The fraction of sp³-hybridized carbons (Fsp3) is 0.278. The van der Waals surface area contributed by atoms with Gasteiger partial charge in [0.15, 0.2) is 0 Å². The lowest BCUT2D eigenvalue weighted by atomic mass is 9.84. The molecule has 4 aliphatic rings. The smallest absolute Gasteiger partial charge is 0.321 e. The molecule has 48 heavy (non-hydrogen) atoms. The number of carbonyl (C=O) groups is 3. The summed E-state index contributed by atoms with van der Waals surface area (Å²) >= 11 is 0. The van der Waals surface area contributed by atoms with Crippen molar-refractivity contribution in [1.29, 1.82) is 0 Å². The van der Waals surface area contributed by atoms with E-state index in [9.17, 15) is 19.2 Å². The zero-order chi connectivity index (χ0) is 33.2. The Hall–Kier alpha value is -5.65. The van der Waals surface area contributed by atoms with Crippen LogP contribution in [0.25, 0.3) is 11.3 Å². The van der Waals surface area contributed by atoms with E-state index in [-0.39, 0.29) is 29.3 Å². The Labute approximate surface area is 275 Å². The molecule has 0 unspecified atom stereocenters. The van der Waals surface area contributed by atoms with Gasteiger partial charge in [0.1, 0.15) is 12.4 Å². The first-order chi connectivity index (χ1) is 23.3. The Morgan fingerprint density at radius 2 is 1.56 bits per heavy atom. The van der Waals surface area contributed by atoms with Crippen molar-refractivity contribution in [2.45, 2.75) is 31.8 Å². The molecule has 2 bridgehead atoms. The quantitative estimate of drug-likeness (QED) is 0.282. The molecule has 3 fully saturated rings. The van der Waals surface area contributed by atoms with Crippen molar-refractivity contribution in [3.63, 3.8) is 0 Å². The van der Waals surface area contributed by atoms with Crippen LogP contribution in [0.15, 0.2) is 94.7 Å². The molecular formula is C36H34FN7O4. The summed E-state index contributed by atoms with van der Waals surface area (Å²) in [5, 5.41) is 11.8. The van der Waals surface area contributed by atoms with Crippen LogP contribution in [0.5, 0.6) is 0 Å². The van der Waals surface area contributed by atoms with Crippen molar-refractivity contribution in [3.05, 3.63) is 112 Å². The number of urea groups is 1. The van der Waals surface area contributed by atoms with Gasteiger partial charge in [0.2, 0.25) is 12.1 Å². The van der Waals surface area contributed by atoms with Crippen LogP contribution >= 0.6 is 0 Å². The molecule has 0 radical (unpaired) electrons. The topological polar surface area (TPSA) is 140 Å². The van der Waals surface area contributed by atoms with Gasteiger partial charge in [0.25, 0.3) is 11.5 Å². The fourth-order valence-electron chi connectivity index (χ4n) is 6.84. The van der Waals surface area contributed by atoms with Crippen molar-refractivity contribution >= 4 is 34.9 Å². The van der Waals surface area contributed by atoms with Crippen molar-refractivity contribution < 1.29 is 18.8 Å². The number of aliphatic imine (C=N–C) groups is 1. The second kappa shape index (κ2) is 13.2. The summed E-state index contributed by atoms with van der Waals surface area (Å²) < 4.78 is 15.3. The first-order valence-electron chi connectivity index (χ1n) is 16.1. The lowest BCUT2D eigenvalue weighted by molar-refractivity contribution is -0.132. The van der Waals surface area contributed by atoms with Gasteiger partial charge in [-0.15, -0.1) is 0 Å². The van der Waals surface area contributed by atoms with E-state index in [2.05, 4.69) is 25.8 Å². The highest BCUT2D eigenvalue weighted by atomic mass is 19.1. The predicted octanol–water partition coefficient (Wildman–Crippen LogP) is 4.56. The van der Waals surface area contributed by atoms with E-state index < -0.39 is 23.9 Å². The Kier molecular flexibility index (Phi) is 8.53. The molecule has 1 saturated carbocycles. The monoisotopic (exact) mass is 647 g/mol. The van der Waals surface area contributed by atoms with Crippen molar-refractivity contribution in [2.75, 3.05) is 29.9 Å². The number of H-pyrrole nitrogens is 1. The van der Waals surface area contributed by atoms with Gasteiger partial charge in [-0.25, -0.2) is 19.3 Å². The number of aromatic amines is 1. The molecule has 1 aromatic heterocycles. The Morgan fingerprint density at radius 1 is 0.854 bits per heavy atom. The van der Waals surface area contributed by atoms with Crippen LogP contribution in [0, 0.1) is 17.7 Å². The number of nitrogens with zero attached hydrogens (tertiary/aromatic N) is 4. The van der Waals surface area contributed by atoms with E-state index in [0.29, 0.717) is 53.1 Å². The first-order valence-corrected chi connectivity index (χ1v) is 16.1. The number of benzodiazepines with no additional fused rings is 1. The SMILES string of the molecule is O=C(Nc1cccc(-c2ccc(=O)[nH]n2)c1)N[C@@H]1N=C(c2ccccc2F)c2ccccc2N(CC(=O)N2CC3CCC(CC3)C2)C1=O. The molecule has 12 heteroatoms. The van der Waals surface area contributed by atoms with Crippen molar-refractivity contribution in [1.82, 2.24) is 20.4 Å². The van der Waals surface area contributed by atoms with Crippen LogP contribution in [0.2, 0.25) is 0 Å². The molecule has 244 valence electrons. The molecule has 4 heterocycles. The van der Waals surface area contributed by atoms with Gasteiger partial charge >= 0.3 is 6.03 Å². The number of halogens is 1. The van der Waals surface area contributed by atoms with Crippen LogP contribution in [0.1, 0.15) is 36.8 Å². The first kappa shape index (κ1) is 31.0. The van der Waals surface area contributed by atoms with Crippen LogP contribution in [-0.4, -0.2) is 64.5 Å². The normalized spacial score (nSPS) is 20.3. The maximum absolute atomic E-state index is 15.3.